The normalized spacial score (nSPS) is 21.7. The van der Waals surface area contributed by atoms with Crippen LogP contribution in [0.1, 0.15) is 64.4 Å². The Morgan fingerprint density at radius 1 is 1.09 bits per heavy atom. The summed E-state index contributed by atoms with van der Waals surface area (Å²) in [5.74, 6) is -0.449. The van der Waals surface area contributed by atoms with Crippen molar-refractivity contribution in [2.45, 2.75) is 88.0 Å². The van der Waals surface area contributed by atoms with Gasteiger partial charge >= 0.3 is 6.18 Å². The number of benzene rings is 2. The van der Waals surface area contributed by atoms with Crippen LogP contribution >= 0.6 is 11.6 Å². The molecule has 0 unspecified atom stereocenters. The lowest BCUT2D eigenvalue weighted by atomic mass is 9.65. The maximum Gasteiger partial charge on any atom is 0.394 e. The summed E-state index contributed by atoms with van der Waals surface area (Å²) in [7, 11) is -3.95. The molecule has 2 saturated carbocycles. The summed E-state index contributed by atoms with van der Waals surface area (Å²) >= 11 is 5.85. The Kier molecular flexibility index (Phi) is 8.85. The molecule has 1 heterocycles. The summed E-state index contributed by atoms with van der Waals surface area (Å²) in [4.78, 5) is 18.1. The predicted octanol–water partition coefficient (Wildman–Crippen LogP) is 6.23. The monoisotopic (exact) mass is 656 g/mol. The third kappa shape index (κ3) is 6.48. The van der Waals surface area contributed by atoms with Gasteiger partial charge in [0, 0.05) is 25.0 Å². The van der Waals surface area contributed by atoms with Crippen LogP contribution in [0.15, 0.2) is 58.4 Å². The fourth-order valence-electron chi connectivity index (χ4n) is 6.12. The Hall–Kier alpha value is -2.70. The molecule has 2 aromatic carbocycles. The Labute approximate surface area is 260 Å². The molecule has 2 aliphatic carbocycles. The molecule has 0 bridgehead atoms. The summed E-state index contributed by atoms with van der Waals surface area (Å²) in [6, 6.07) is 11.4. The molecule has 0 saturated heterocycles. The third-order valence-corrected chi connectivity index (χ3v) is 11.5. The minimum atomic E-state index is -4.28. The molecule has 2 aromatic rings. The largest absolute Gasteiger partial charge is 0.394 e. The lowest BCUT2D eigenvalue weighted by Crippen LogP contribution is -2.55. The topological polar surface area (TPSA) is 90.9 Å². The van der Waals surface area contributed by atoms with E-state index < -0.39 is 50.3 Å². The van der Waals surface area contributed by atoms with Crippen molar-refractivity contribution in [1.29, 1.82) is 0 Å². The maximum atomic E-state index is 14.3. The van der Waals surface area contributed by atoms with E-state index in [9.17, 15) is 30.8 Å². The second-order valence-electron chi connectivity index (χ2n) is 12.8. The van der Waals surface area contributed by atoms with Crippen molar-refractivity contribution in [2.75, 3.05) is 13.1 Å². The summed E-state index contributed by atoms with van der Waals surface area (Å²) in [6.45, 7) is 3.55. The van der Waals surface area contributed by atoms with E-state index in [1.807, 2.05) is 0 Å². The van der Waals surface area contributed by atoms with Crippen LogP contribution in [0.5, 0.6) is 0 Å². The minimum Gasteiger partial charge on any atom is -0.360 e. The van der Waals surface area contributed by atoms with Crippen LogP contribution in [-0.2, 0) is 21.4 Å². The molecular weight excluding hydrogens is 620 g/mol. The van der Waals surface area contributed by atoms with Crippen LogP contribution in [0.3, 0.4) is 0 Å². The number of amidine groups is 1. The Balaban J connectivity index is 1.30. The van der Waals surface area contributed by atoms with Gasteiger partial charge < -0.3 is 10.6 Å². The fourth-order valence-corrected chi connectivity index (χ4v) is 7.69. The van der Waals surface area contributed by atoms with Crippen LogP contribution in [-0.4, -0.2) is 55.3 Å². The molecule has 2 fully saturated rings. The third-order valence-electron chi connectivity index (χ3n) is 9.38. The first-order chi connectivity index (χ1) is 20.6. The summed E-state index contributed by atoms with van der Waals surface area (Å²) in [6.07, 6.45) is -1.52. The van der Waals surface area contributed by atoms with Crippen molar-refractivity contribution in [1.82, 2.24) is 14.9 Å². The first kappa shape index (κ1) is 32.7. The predicted molar refractivity (Wildman–Crippen MR) is 160 cm³/mol. The van der Waals surface area contributed by atoms with Crippen molar-refractivity contribution < 1.29 is 30.8 Å². The number of nitrogens with zero attached hydrogens (tertiary/aromatic N) is 2. The number of carbonyl (C=O) groups excluding carboxylic acids is 1. The number of hydrogen-bond donors (Lipinski definition) is 2. The number of sulfonamides is 1. The van der Waals surface area contributed by atoms with Crippen molar-refractivity contribution in [3.63, 3.8) is 0 Å². The molecule has 0 spiro atoms. The van der Waals surface area contributed by atoms with Crippen LogP contribution in [0.2, 0.25) is 5.02 Å². The van der Waals surface area contributed by atoms with Crippen molar-refractivity contribution in [3.8, 4) is 0 Å². The van der Waals surface area contributed by atoms with Gasteiger partial charge in [-0.25, -0.2) is 12.8 Å². The number of amides is 1. The number of halogens is 5. The van der Waals surface area contributed by atoms with Gasteiger partial charge in [-0.15, -0.1) is 0 Å². The molecule has 5 rings (SSSR count). The minimum absolute atomic E-state index is 0.0569. The number of carbonyl (C=O) groups is 1. The van der Waals surface area contributed by atoms with Crippen molar-refractivity contribution in [3.05, 3.63) is 64.9 Å². The molecule has 1 aliphatic heterocycles. The maximum absolute atomic E-state index is 14.3. The highest BCUT2D eigenvalue weighted by Gasteiger charge is 2.62. The lowest BCUT2D eigenvalue weighted by Gasteiger charge is -2.43. The zero-order chi connectivity index (χ0) is 32.0. The average Bonchev–Trinajstić information content (AvgIpc) is 3.67. The van der Waals surface area contributed by atoms with Crippen LogP contribution in [0.4, 0.5) is 17.6 Å². The van der Waals surface area contributed by atoms with E-state index in [-0.39, 0.29) is 48.8 Å². The van der Waals surface area contributed by atoms with E-state index in [0.29, 0.717) is 17.8 Å². The van der Waals surface area contributed by atoms with Crippen molar-refractivity contribution in [2.24, 2.45) is 15.8 Å². The van der Waals surface area contributed by atoms with E-state index >= 15 is 0 Å². The molecule has 1 atom stereocenters. The van der Waals surface area contributed by atoms with E-state index in [2.05, 4.69) is 10.6 Å². The molecule has 13 heteroatoms. The van der Waals surface area contributed by atoms with Crippen LogP contribution < -0.4 is 10.6 Å². The van der Waals surface area contributed by atoms with Crippen LogP contribution in [0, 0.1) is 16.6 Å². The molecule has 240 valence electrons. The Morgan fingerprint density at radius 3 is 2.34 bits per heavy atom. The van der Waals surface area contributed by atoms with Gasteiger partial charge in [-0.2, -0.15) is 17.5 Å². The highest BCUT2D eigenvalue weighted by atomic mass is 35.5. The second-order valence-corrected chi connectivity index (χ2v) is 15.1. The van der Waals surface area contributed by atoms with E-state index in [1.54, 1.807) is 38.1 Å². The zero-order valence-corrected chi connectivity index (χ0v) is 26.3. The molecule has 1 amide bonds. The summed E-state index contributed by atoms with van der Waals surface area (Å²) < 4.78 is 83.0. The molecule has 0 aromatic heterocycles. The number of rotatable bonds is 12. The van der Waals surface area contributed by atoms with Crippen molar-refractivity contribution >= 4 is 33.4 Å². The smallest absolute Gasteiger partial charge is 0.360 e. The molecule has 0 radical (unpaired) electrons. The lowest BCUT2D eigenvalue weighted by molar-refractivity contribution is -0.188. The number of nitrogens with one attached hydrogen (secondary N) is 2. The highest BCUT2D eigenvalue weighted by Crippen LogP contribution is 2.59. The van der Waals surface area contributed by atoms with E-state index in [4.69, 9.17) is 16.6 Å². The van der Waals surface area contributed by atoms with Gasteiger partial charge in [-0.3, -0.25) is 9.79 Å². The van der Waals surface area contributed by atoms with Crippen LogP contribution in [0.25, 0.3) is 0 Å². The first-order valence-corrected chi connectivity index (χ1v) is 16.6. The van der Waals surface area contributed by atoms with Gasteiger partial charge in [0.25, 0.3) is 0 Å². The molecule has 3 aliphatic rings. The molecule has 44 heavy (non-hydrogen) atoms. The van der Waals surface area contributed by atoms with Gasteiger partial charge in [-0.1, -0.05) is 42.3 Å². The average molecular weight is 657 g/mol. The summed E-state index contributed by atoms with van der Waals surface area (Å²) in [5, 5.41) is 5.88. The van der Waals surface area contributed by atoms with Gasteiger partial charge in [0.05, 0.1) is 20.9 Å². The first-order valence-electron chi connectivity index (χ1n) is 14.8. The van der Waals surface area contributed by atoms with Gasteiger partial charge in [-0.05, 0) is 82.2 Å². The quantitative estimate of drug-likeness (QED) is 0.265. The number of aliphatic imine (C=N–C) groups is 1. The van der Waals surface area contributed by atoms with E-state index in [0.717, 1.165) is 19.3 Å². The van der Waals surface area contributed by atoms with E-state index in [1.165, 1.54) is 28.6 Å². The molecule has 7 nitrogen and oxygen atoms in total. The molecular formula is C31H37ClF4N4O3S. The highest BCUT2D eigenvalue weighted by molar-refractivity contribution is 7.89. The van der Waals surface area contributed by atoms with Gasteiger partial charge in [0.1, 0.15) is 17.7 Å². The number of hydrogen-bond acceptors (Lipinski definition) is 5. The fraction of sp³-hybridized carbons (Fsp3) is 0.548. The standard InChI is InChI=1S/C31H37ClF4N4O3S/c1-28(2)25(26(41)37-17-15-30(13-14-30)31(34,35)36)38-27(39-28)29(11-6-12-29)16-18-40(20-21-9-10-23(32)24(33)19-21)44(42,43)22-7-4-3-5-8-22/h3-5,7-10,19,25H,6,11-18,20H2,1-2H3,(H,37,41)(H,38,39)/t25-/m0/s1. The van der Waals surface area contributed by atoms with Gasteiger partial charge in [0.2, 0.25) is 15.9 Å². The SMILES string of the molecule is CC1(C)N=C(C2(CCN(Cc3ccc(Cl)c(F)c3)S(=O)(=O)c3ccccc3)CCC2)N[C@H]1C(=O)NCCC1(C(F)(F)F)CC1. The Morgan fingerprint density at radius 2 is 1.77 bits per heavy atom. The molecule has 2 N–H and O–H groups in total. The number of alkyl halides is 3. The van der Waals surface area contributed by atoms with Gasteiger partial charge in [0.15, 0.2) is 0 Å². The summed E-state index contributed by atoms with van der Waals surface area (Å²) in [5.41, 5.74) is -2.61. The Bertz CT molecular complexity index is 1520. The zero-order valence-electron chi connectivity index (χ0n) is 24.7. The second kappa shape index (κ2) is 11.9.